The highest BCUT2D eigenvalue weighted by Gasteiger charge is 2.08. The summed E-state index contributed by atoms with van der Waals surface area (Å²) in [6.07, 6.45) is 9.02. The minimum atomic E-state index is 0.894. The van der Waals surface area contributed by atoms with Crippen molar-refractivity contribution >= 4 is 22.3 Å². The van der Waals surface area contributed by atoms with Gasteiger partial charge in [0.25, 0.3) is 0 Å². The summed E-state index contributed by atoms with van der Waals surface area (Å²) in [7, 11) is 2.04. The van der Waals surface area contributed by atoms with Crippen LogP contribution in [0, 0.1) is 0 Å². The zero-order chi connectivity index (χ0) is 15.6. The van der Waals surface area contributed by atoms with Crippen LogP contribution >= 0.6 is 0 Å². The van der Waals surface area contributed by atoms with Crippen LogP contribution in [-0.4, -0.2) is 17.0 Å². The van der Waals surface area contributed by atoms with Gasteiger partial charge in [0.05, 0.1) is 18.1 Å². The van der Waals surface area contributed by atoms with E-state index in [9.17, 15) is 0 Å². The van der Waals surface area contributed by atoms with Gasteiger partial charge < -0.3 is 9.32 Å². The average Bonchev–Trinajstić information content (AvgIpc) is 3.09. The average molecular weight is 301 g/mol. The Morgan fingerprint density at radius 1 is 0.826 bits per heavy atom. The summed E-state index contributed by atoms with van der Waals surface area (Å²) in [5.41, 5.74) is 5.19. The molecule has 0 amide bonds. The summed E-state index contributed by atoms with van der Waals surface area (Å²) in [4.78, 5) is 10.6. The van der Waals surface area contributed by atoms with Gasteiger partial charge in [-0.15, -0.1) is 0 Å². The van der Waals surface area contributed by atoms with Gasteiger partial charge in [-0.2, -0.15) is 0 Å². The minimum Gasteiger partial charge on any atom is -0.464 e. The molecule has 3 heterocycles. The Hall–Kier alpha value is -3.14. The lowest BCUT2D eigenvalue weighted by Gasteiger charge is -2.20. The van der Waals surface area contributed by atoms with E-state index in [1.807, 2.05) is 49.8 Å². The van der Waals surface area contributed by atoms with Crippen LogP contribution in [0.25, 0.3) is 22.1 Å². The third kappa shape index (κ3) is 2.55. The van der Waals surface area contributed by atoms with Crippen molar-refractivity contribution in [3.8, 4) is 11.1 Å². The van der Waals surface area contributed by atoms with Crippen molar-refractivity contribution in [2.24, 2.45) is 0 Å². The first kappa shape index (κ1) is 13.5. The molecule has 0 atom stereocenters. The SMILES string of the molecule is CN(c1cncc(-c2ccncc2)c1)c1ccc2occc2c1. The normalized spacial score (nSPS) is 10.8. The van der Waals surface area contributed by atoms with Crippen LogP contribution < -0.4 is 4.90 Å². The molecular weight excluding hydrogens is 286 g/mol. The Labute approximate surface area is 134 Å². The second-order valence-corrected chi connectivity index (χ2v) is 5.37. The van der Waals surface area contributed by atoms with E-state index in [1.165, 1.54) is 0 Å². The lowest BCUT2D eigenvalue weighted by Crippen LogP contribution is -2.09. The molecule has 0 radical (unpaired) electrons. The fourth-order valence-corrected chi connectivity index (χ4v) is 2.63. The fourth-order valence-electron chi connectivity index (χ4n) is 2.63. The van der Waals surface area contributed by atoms with Crippen LogP contribution in [0.15, 0.2) is 77.9 Å². The topological polar surface area (TPSA) is 42.2 Å². The lowest BCUT2D eigenvalue weighted by atomic mass is 10.1. The maximum Gasteiger partial charge on any atom is 0.133 e. The first-order valence-corrected chi connectivity index (χ1v) is 7.38. The summed E-state index contributed by atoms with van der Waals surface area (Å²) >= 11 is 0. The molecule has 3 aromatic heterocycles. The molecule has 4 aromatic rings. The first-order valence-electron chi connectivity index (χ1n) is 7.38. The Morgan fingerprint density at radius 2 is 1.70 bits per heavy atom. The van der Waals surface area contributed by atoms with E-state index in [4.69, 9.17) is 4.42 Å². The number of aromatic nitrogens is 2. The molecule has 0 saturated heterocycles. The number of hydrogen-bond donors (Lipinski definition) is 0. The molecule has 23 heavy (non-hydrogen) atoms. The molecule has 4 nitrogen and oxygen atoms in total. The van der Waals surface area contributed by atoms with Crippen molar-refractivity contribution in [3.05, 3.63) is 73.5 Å². The van der Waals surface area contributed by atoms with Gasteiger partial charge >= 0.3 is 0 Å². The molecule has 0 fully saturated rings. The third-order valence-electron chi connectivity index (χ3n) is 3.95. The number of anilines is 2. The molecule has 1 aromatic carbocycles. The van der Waals surface area contributed by atoms with Crippen molar-refractivity contribution in [2.45, 2.75) is 0 Å². The van der Waals surface area contributed by atoms with Crippen molar-refractivity contribution in [2.75, 3.05) is 11.9 Å². The van der Waals surface area contributed by atoms with Crippen LogP contribution in [0.4, 0.5) is 11.4 Å². The highest BCUT2D eigenvalue weighted by molar-refractivity contribution is 5.83. The largest absolute Gasteiger partial charge is 0.464 e. The molecule has 4 heteroatoms. The predicted molar refractivity (Wildman–Crippen MR) is 91.7 cm³/mol. The van der Waals surface area contributed by atoms with E-state index in [0.717, 1.165) is 33.5 Å². The maximum absolute atomic E-state index is 5.40. The summed E-state index contributed by atoms with van der Waals surface area (Å²) < 4.78 is 5.40. The Kier molecular flexibility index (Phi) is 3.27. The van der Waals surface area contributed by atoms with E-state index in [2.05, 4.69) is 27.0 Å². The molecule has 4 rings (SSSR count). The maximum atomic E-state index is 5.40. The van der Waals surface area contributed by atoms with Crippen LogP contribution in [0.5, 0.6) is 0 Å². The van der Waals surface area contributed by atoms with E-state index in [-0.39, 0.29) is 0 Å². The molecule has 0 aliphatic heterocycles. The lowest BCUT2D eigenvalue weighted by molar-refractivity contribution is 0.616. The Morgan fingerprint density at radius 3 is 2.57 bits per heavy atom. The number of benzene rings is 1. The molecule has 0 spiro atoms. The predicted octanol–water partition coefficient (Wildman–Crippen LogP) is 4.66. The molecule has 0 saturated carbocycles. The fraction of sp³-hybridized carbons (Fsp3) is 0.0526. The van der Waals surface area contributed by atoms with Crippen LogP contribution in [0.1, 0.15) is 0 Å². The molecule has 0 aliphatic rings. The second-order valence-electron chi connectivity index (χ2n) is 5.37. The van der Waals surface area contributed by atoms with Crippen molar-refractivity contribution < 1.29 is 4.42 Å². The summed E-state index contributed by atoms with van der Waals surface area (Å²) in [5, 5.41) is 1.09. The highest BCUT2D eigenvalue weighted by Crippen LogP contribution is 2.29. The number of furan rings is 1. The highest BCUT2D eigenvalue weighted by atomic mass is 16.3. The summed E-state index contributed by atoms with van der Waals surface area (Å²) in [6.45, 7) is 0. The zero-order valence-electron chi connectivity index (χ0n) is 12.7. The number of rotatable bonds is 3. The van der Waals surface area contributed by atoms with Crippen molar-refractivity contribution in [3.63, 3.8) is 0 Å². The monoisotopic (exact) mass is 301 g/mol. The van der Waals surface area contributed by atoms with Gasteiger partial charge in [0.15, 0.2) is 0 Å². The van der Waals surface area contributed by atoms with E-state index >= 15 is 0 Å². The van der Waals surface area contributed by atoms with Crippen LogP contribution in [-0.2, 0) is 0 Å². The molecule has 0 N–H and O–H groups in total. The third-order valence-corrected chi connectivity index (χ3v) is 3.95. The standard InChI is InChI=1S/C19H15N3O/c1-22(17-2-3-19-15(10-17)6-9-23-19)18-11-16(12-21-13-18)14-4-7-20-8-5-14/h2-13H,1H3. The van der Waals surface area contributed by atoms with E-state index in [0.29, 0.717) is 0 Å². The van der Waals surface area contributed by atoms with Crippen molar-refractivity contribution in [1.29, 1.82) is 0 Å². The number of pyridine rings is 2. The first-order chi connectivity index (χ1) is 11.3. The van der Waals surface area contributed by atoms with Crippen molar-refractivity contribution in [1.82, 2.24) is 9.97 Å². The smallest absolute Gasteiger partial charge is 0.133 e. The van der Waals surface area contributed by atoms with Gasteiger partial charge in [-0.25, -0.2) is 0 Å². The van der Waals surface area contributed by atoms with Crippen LogP contribution in [0.3, 0.4) is 0 Å². The van der Waals surface area contributed by atoms with E-state index < -0.39 is 0 Å². The molecule has 0 bridgehead atoms. The molecule has 0 unspecified atom stereocenters. The van der Waals surface area contributed by atoms with Gasteiger partial charge in [0.1, 0.15) is 5.58 Å². The van der Waals surface area contributed by atoms with Gasteiger partial charge in [0.2, 0.25) is 0 Å². The second kappa shape index (κ2) is 5.57. The van der Waals surface area contributed by atoms with Gasteiger partial charge in [-0.3, -0.25) is 9.97 Å². The van der Waals surface area contributed by atoms with E-state index in [1.54, 1.807) is 18.7 Å². The minimum absolute atomic E-state index is 0.894. The molecule has 0 aliphatic carbocycles. The zero-order valence-corrected chi connectivity index (χ0v) is 12.7. The quantitative estimate of drug-likeness (QED) is 0.552. The number of nitrogens with zero attached hydrogens (tertiary/aromatic N) is 3. The molecule has 112 valence electrons. The summed E-state index contributed by atoms with van der Waals surface area (Å²) in [6, 6.07) is 14.2. The van der Waals surface area contributed by atoms with Gasteiger partial charge in [-0.1, -0.05) is 0 Å². The number of hydrogen-bond acceptors (Lipinski definition) is 4. The Bertz CT molecular complexity index is 947. The van der Waals surface area contributed by atoms with Gasteiger partial charge in [-0.05, 0) is 48.0 Å². The summed E-state index contributed by atoms with van der Waals surface area (Å²) in [5.74, 6) is 0. The Balaban J connectivity index is 1.72. The molecular formula is C19H15N3O. The number of fused-ring (bicyclic) bond motifs is 1. The van der Waals surface area contributed by atoms with Crippen LogP contribution in [0.2, 0.25) is 0 Å². The van der Waals surface area contributed by atoms with Gasteiger partial charge in [0, 0.05) is 42.3 Å².